The molecule has 0 spiro atoms. The quantitative estimate of drug-likeness (QED) is 0.669. The smallest absolute Gasteiger partial charge is 0.278 e. The van der Waals surface area contributed by atoms with Crippen molar-refractivity contribution in [1.29, 1.82) is 0 Å². The van der Waals surface area contributed by atoms with Crippen LogP contribution in [0.4, 0.5) is 0 Å². The first-order valence-corrected chi connectivity index (χ1v) is 7.21. The van der Waals surface area contributed by atoms with E-state index in [4.69, 9.17) is 0 Å². The molecule has 0 aromatic rings. The minimum atomic E-state index is -0.933. The van der Waals surface area contributed by atoms with E-state index < -0.39 is 5.97 Å². The zero-order valence-corrected chi connectivity index (χ0v) is 12.0. The zero-order chi connectivity index (χ0) is 14.4. The third kappa shape index (κ3) is 5.59. The fraction of sp³-hybridized carbons (Fsp3) is 0.857. The lowest BCUT2D eigenvalue weighted by molar-refractivity contribution is -0.406. The lowest BCUT2D eigenvalue weighted by Gasteiger charge is -2.29. The Morgan fingerprint density at radius 3 is 2.32 bits per heavy atom. The third-order valence-corrected chi connectivity index (χ3v) is 3.87. The Labute approximate surface area is 114 Å². The van der Waals surface area contributed by atoms with Crippen LogP contribution in [0.15, 0.2) is 0 Å². The summed E-state index contributed by atoms with van der Waals surface area (Å²) in [5.74, 6) is -0.362. The van der Waals surface area contributed by atoms with Crippen LogP contribution in [0.25, 0.3) is 0 Å². The Bertz CT molecular complexity index is 310. The highest BCUT2D eigenvalue weighted by atomic mass is 16.4. The fourth-order valence-electron chi connectivity index (χ4n) is 2.67. The second kappa shape index (κ2) is 7.48. The van der Waals surface area contributed by atoms with Crippen LogP contribution in [-0.2, 0) is 9.59 Å². The number of carboxylic acid groups (broad SMARTS) is 1. The molecule has 0 unspecified atom stereocenters. The van der Waals surface area contributed by atoms with Crippen LogP contribution in [0, 0.1) is 17.8 Å². The molecule has 0 saturated heterocycles. The highest BCUT2D eigenvalue weighted by Crippen LogP contribution is 2.27. The second-order valence-corrected chi connectivity index (χ2v) is 6.11. The molecule has 19 heavy (non-hydrogen) atoms. The Morgan fingerprint density at radius 2 is 1.84 bits per heavy atom. The summed E-state index contributed by atoms with van der Waals surface area (Å²) in [6.07, 6.45) is 3.84. The lowest BCUT2D eigenvalue weighted by atomic mass is 9.82. The number of amides is 1. The van der Waals surface area contributed by atoms with Crippen molar-refractivity contribution in [1.82, 2.24) is 5.32 Å². The molecular weight excluding hydrogens is 244 g/mol. The van der Waals surface area contributed by atoms with E-state index >= 15 is 0 Å². The van der Waals surface area contributed by atoms with Gasteiger partial charge in [-0.1, -0.05) is 13.8 Å². The normalized spacial score (nSPS) is 25.1. The van der Waals surface area contributed by atoms with Gasteiger partial charge in [-0.2, -0.15) is 0 Å². The number of nitrogens with one attached hydrogen (secondary N) is 1. The molecule has 1 fully saturated rings. The summed E-state index contributed by atoms with van der Waals surface area (Å²) in [5.41, 5.74) is 3.88. The van der Waals surface area contributed by atoms with Gasteiger partial charge < -0.3 is 21.0 Å². The molecule has 110 valence electrons. The molecule has 4 N–H and O–H groups in total. The number of quaternary nitrogens is 1. The summed E-state index contributed by atoms with van der Waals surface area (Å²) in [4.78, 5) is 22.5. The van der Waals surface area contributed by atoms with Gasteiger partial charge in [0.05, 0.1) is 0 Å². The third-order valence-electron chi connectivity index (χ3n) is 3.87. The van der Waals surface area contributed by atoms with Crippen molar-refractivity contribution in [2.45, 2.75) is 52.0 Å². The zero-order valence-electron chi connectivity index (χ0n) is 12.0. The van der Waals surface area contributed by atoms with E-state index in [2.05, 4.69) is 24.9 Å². The van der Waals surface area contributed by atoms with Crippen molar-refractivity contribution < 1.29 is 20.4 Å². The van der Waals surface area contributed by atoms with Gasteiger partial charge in [0.2, 0.25) is 0 Å². The molecule has 0 radical (unpaired) electrons. The van der Waals surface area contributed by atoms with Crippen LogP contribution in [0.1, 0.15) is 46.0 Å². The van der Waals surface area contributed by atoms with Gasteiger partial charge in [-0.25, -0.2) is 0 Å². The van der Waals surface area contributed by atoms with Crippen LogP contribution in [-0.4, -0.2) is 24.5 Å². The SMILES string of the molecule is CC(C)C[C@H]([NH3+])C(=O)NCC1CCC(C(=O)[O-])CC1. The van der Waals surface area contributed by atoms with Crippen LogP contribution < -0.4 is 16.2 Å². The predicted octanol–water partition coefficient (Wildman–Crippen LogP) is -0.684. The van der Waals surface area contributed by atoms with E-state index in [9.17, 15) is 14.7 Å². The van der Waals surface area contributed by atoms with Crippen molar-refractivity contribution in [2.75, 3.05) is 6.54 Å². The van der Waals surface area contributed by atoms with Crippen LogP contribution in [0.2, 0.25) is 0 Å². The molecule has 0 aliphatic heterocycles. The average Bonchev–Trinajstić information content (AvgIpc) is 2.35. The maximum Gasteiger partial charge on any atom is 0.278 e. The topological polar surface area (TPSA) is 96.9 Å². The number of hydrogen-bond donors (Lipinski definition) is 2. The van der Waals surface area contributed by atoms with Gasteiger partial charge >= 0.3 is 0 Å². The molecule has 5 heteroatoms. The van der Waals surface area contributed by atoms with Crippen LogP contribution >= 0.6 is 0 Å². The van der Waals surface area contributed by atoms with Gasteiger partial charge in [-0.15, -0.1) is 0 Å². The van der Waals surface area contributed by atoms with E-state index in [-0.39, 0.29) is 17.9 Å². The standard InChI is InChI=1S/C14H26N2O3/c1-9(2)7-12(15)13(17)16-8-10-3-5-11(6-4-10)14(18)19/h9-12H,3-8,15H2,1-2H3,(H,16,17)(H,18,19)/t10?,11?,12-/m0/s1. The minimum Gasteiger partial charge on any atom is -0.550 e. The number of carbonyl (C=O) groups excluding carboxylic acids is 2. The summed E-state index contributed by atoms with van der Waals surface area (Å²) in [6, 6.07) is -0.195. The monoisotopic (exact) mass is 270 g/mol. The summed E-state index contributed by atoms with van der Waals surface area (Å²) in [7, 11) is 0. The fourth-order valence-corrected chi connectivity index (χ4v) is 2.67. The van der Waals surface area contributed by atoms with Gasteiger partial charge in [0.25, 0.3) is 5.91 Å². The molecular formula is C14H26N2O3. The summed E-state index contributed by atoms with van der Waals surface area (Å²) in [5, 5.41) is 13.7. The van der Waals surface area contributed by atoms with Crippen LogP contribution in [0.3, 0.4) is 0 Å². The first kappa shape index (κ1) is 16.0. The molecule has 1 saturated carbocycles. The van der Waals surface area contributed by atoms with Gasteiger partial charge in [-0.05, 0) is 43.4 Å². The minimum absolute atomic E-state index is 0.00993. The average molecular weight is 270 g/mol. The summed E-state index contributed by atoms with van der Waals surface area (Å²) in [6.45, 7) is 4.79. The number of carboxylic acids is 1. The highest BCUT2D eigenvalue weighted by Gasteiger charge is 2.24. The summed E-state index contributed by atoms with van der Waals surface area (Å²) >= 11 is 0. The van der Waals surface area contributed by atoms with E-state index in [1.165, 1.54) is 0 Å². The molecule has 0 bridgehead atoms. The van der Waals surface area contributed by atoms with Gasteiger partial charge in [0.15, 0.2) is 6.04 Å². The largest absolute Gasteiger partial charge is 0.550 e. The number of aliphatic carboxylic acids is 1. The molecule has 0 aromatic heterocycles. The lowest BCUT2D eigenvalue weighted by Crippen LogP contribution is -2.68. The number of hydrogen-bond acceptors (Lipinski definition) is 3. The Morgan fingerprint density at radius 1 is 1.26 bits per heavy atom. The molecule has 5 nitrogen and oxygen atoms in total. The molecule has 0 heterocycles. The van der Waals surface area contributed by atoms with Gasteiger partial charge in [0, 0.05) is 18.9 Å². The molecule has 0 aromatic carbocycles. The van der Waals surface area contributed by atoms with Crippen LogP contribution in [0.5, 0.6) is 0 Å². The van der Waals surface area contributed by atoms with Crippen molar-refractivity contribution in [3.63, 3.8) is 0 Å². The van der Waals surface area contributed by atoms with Crippen molar-refractivity contribution in [3.8, 4) is 0 Å². The highest BCUT2D eigenvalue weighted by molar-refractivity contribution is 5.80. The van der Waals surface area contributed by atoms with E-state index in [1.54, 1.807) is 0 Å². The van der Waals surface area contributed by atoms with Crippen molar-refractivity contribution >= 4 is 11.9 Å². The Hall–Kier alpha value is -1.10. The maximum absolute atomic E-state index is 11.8. The van der Waals surface area contributed by atoms with Gasteiger partial charge in [-0.3, -0.25) is 4.79 Å². The van der Waals surface area contributed by atoms with E-state index in [0.29, 0.717) is 31.2 Å². The van der Waals surface area contributed by atoms with Gasteiger partial charge in [0.1, 0.15) is 0 Å². The van der Waals surface area contributed by atoms with E-state index in [1.807, 2.05) is 0 Å². The number of carbonyl (C=O) groups is 2. The molecule has 1 amide bonds. The predicted molar refractivity (Wildman–Crippen MR) is 69.6 cm³/mol. The summed E-state index contributed by atoms with van der Waals surface area (Å²) < 4.78 is 0. The van der Waals surface area contributed by atoms with Crippen molar-refractivity contribution in [2.24, 2.45) is 17.8 Å². The first-order chi connectivity index (χ1) is 8.90. The molecule has 1 atom stereocenters. The maximum atomic E-state index is 11.8. The first-order valence-electron chi connectivity index (χ1n) is 7.21. The molecule has 1 rings (SSSR count). The Kier molecular flexibility index (Phi) is 6.28. The number of rotatable bonds is 6. The Balaban J connectivity index is 2.23. The van der Waals surface area contributed by atoms with Crippen molar-refractivity contribution in [3.05, 3.63) is 0 Å². The molecule has 1 aliphatic carbocycles. The molecule has 1 aliphatic rings. The second-order valence-electron chi connectivity index (χ2n) is 6.11. The van der Waals surface area contributed by atoms with E-state index in [0.717, 1.165) is 19.3 Å².